The van der Waals surface area contributed by atoms with Crippen LogP contribution in [0.4, 0.5) is 0 Å². The average molecular weight is 259 g/mol. The molecule has 0 spiro atoms. The van der Waals surface area contributed by atoms with Gasteiger partial charge in [-0.3, -0.25) is 9.59 Å². The van der Waals surface area contributed by atoms with Crippen LogP contribution in [0, 0.1) is 0 Å². The summed E-state index contributed by atoms with van der Waals surface area (Å²) >= 11 is 4.60. The van der Waals surface area contributed by atoms with Crippen LogP contribution in [0.3, 0.4) is 0 Å². The van der Waals surface area contributed by atoms with E-state index < -0.39 is 11.8 Å². The number of nitrogens with two attached hydrogens (primary N) is 1. The van der Waals surface area contributed by atoms with E-state index >= 15 is 0 Å². The smallest absolute Gasteiger partial charge is 0.312 e. The van der Waals surface area contributed by atoms with E-state index in [1.807, 2.05) is 0 Å². The third kappa shape index (κ3) is 3.94. The van der Waals surface area contributed by atoms with Crippen LogP contribution < -0.4 is 11.1 Å². The van der Waals surface area contributed by atoms with E-state index in [1.54, 1.807) is 0 Å². The third-order valence-electron chi connectivity index (χ3n) is 2.73. The molecule has 0 aromatic carbocycles. The number of carbonyl (C=O) groups is 2. The predicted octanol–water partition coefficient (Wildman–Crippen LogP) is -1.24. The number of hydrogen-bond acceptors (Lipinski definition) is 4. The molecule has 96 valence electrons. The minimum Gasteiger partial charge on any atom is -0.395 e. The highest BCUT2D eigenvalue weighted by Gasteiger charge is 2.31. The zero-order chi connectivity index (χ0) is 12.8. The Kier molecular flexibility index (Phi) is 5.30. The molecule has 0 heterocycles. The second-order valence-corrected chi connectivity index (χ2v) is 4.48. The molecule has 0 radical (unpaired) electrons. The third-order valence-corrected chi connectivity index (χ3v) is 2.88. The maximum absolute atomic E-state index is 11.8. The van der Waals surface area contributed by atoms with E-state index in [9.17, 15) is 9.59 Å². The maximum Gasteiger partial charge on any atom is 0.312 e. The van der Waals surface area contributed by atoms with E-state index in [1.165, 1.54) is 4.90 Å². The first-order valence-corrected chi connectivity index (χ1v) is 5.95. The highest BCUT2D eigenvalue weighted by molar-refractivity contribution is 7.80. The van der Waals surface area contributed by atoms with Gasteiger partial charge >= 0.3 is 11.8 Å². The Morgan fingerprint density at radius 2 is 2.12 bits per heavy atom. The van der Waals surface area contributed by atoms with Crippen molar-refractivity contribution in [3.63, 3.8) is 0 Å². The Balaban J connectivity index is 2.50. The van der Waals surface area contributed by atoms with Crippen LogP contribution in [0.5, 0.6) is 0 Å². The fraction of sp³-hybridized carbons (Fsp3) is 0.700. The standard InChI is InChI=1S/C10H17N3O3S/c11-8(17)6-12-9(15)10(16)13(4-5-14)7-2-1-3-7/h7,14H,1-6H2,(H2,11,17)(H,12,15). The number of rotatable bonds is 5. The molecule has 0 aromatic rings. The van der Waals surface area contributed by atoms with Crippen LogP contribution in [0.1, 0.15) is 19.3 Å². The fourth-order valence-electron chi connectivity index (χ4n) is 1.63. The first-order valence-electron chi connectivity index (χ1n) is 5.54. The molecule has 0 aromatic heterocycles. The summed E-state index contributed by atoms with van der Waals surface area (Å²) in [4.78, 5) is 24.9. The number of carbonyl (C=O) groups excluding carboxylic acids is 2. The minimum absolute atomic E-state index is 0.0114. The van der Waals surface area contributed by atoms with Gasteiger partial charge in [0.1, 0.15) is 0 Å². The molecule has 17 heavy (non-hydrogen) atoms. The van der Waals surface area contributed by atoms with Gasteiger partial charge in [0.2, 0.25) is 0 Å². The Labute approximate surface area is 105 Å². The number of hydrogen-bond donors (Lipinski definition) is 3. The largest absolute Gasteiger partial charge is 0.395 e. The molecular weight excluding hydrogens is 242 g/mol. The fourth-order valence-corrected chi connectivity index (χ4v) is 1.70. The average Bonchev–Trinajstić information content (AvgIpc) is 2.21. The van der Waals surface area contributed by atoms with Crippen molar-refractivity contribution < 1.29 is 14.7 Å². The Bertz CT molecular complexity index is 318. The van der Waals surface area contributed by atoms with Crippen LogP contribution in [0.25, 0.3) is 0 Å². The number of aliphatic hydroxyl groups excluding tert-OH is 1. The molecular formula is C10H17N3O3S. The van der Waals surface area contributed by atoms with Crippen LogP contribution in [0.2, 0.25) is 0 Å². The van der Waals surface area contributed by atoms with Gasteiger partial charge < -0.3 is 21.1 Å². The van der Waals surface area contributed by atoms with Gasteiger partial charge in [0.15, 0.2) is 0 Å². The van der Waals surface area contributed by atoms with Gasteiger partial charge in [0, 0.05) is 12.6 Å². The molecule has 0 aliphatic heterocycles. The lowest BCUT2D eigenvalue weighted by molar-refractivity contribution is -0.148. The van der Waals surface area contributed by atoms with E-state index in [2.05, 4.69) is 17.5 Å². The molecule has 1 fully saturated rings. The predicted molar refractivity (Wildman–Crippen MR) is 66.2 cm³/mol. The minimum atomic E-state index is -0.724. The first-order chi connectivity index (χ1) is 8.06. The number of nitrogens with one attached hydrogen (secondary N) is 1. The molecule has 0 saturated heterocycles. The van der Waals surface area contributed by atoms with E-state index in [4.69, 9.17) is 10.8 Å². The lowest BCUT2D eigenvalue weighted by atomic mass is 9.91. The molecule has 1 saturated carbocycles. The molecule has 4 N–H and O–H groups in total. The zero-order valence-electron chi connectivity index (χ0n) is 9.52. The summed E-state index contributed by atoms with van der Waals surface area (Å²) in [5, 5.41) is 11.2. The van der Waals surface area contributed by atoms with Gasteiger partial charge in [-0.05, 0) is 19.3 Å². The molecule has 0 unspecified atom stereocenters. The van der Waals surface area contributed by atoms with Crippen molar-refractivity contribution >= 4 is 29.0 Å². The van der Waals surface area contributed by atoms with Gasteiger partial charge in [-0.2, -0.15) is 0 Å². The molecule has 7 heteroatoms. The Hall–Kier alpha value is -1.21. The second-order valence-electron chi connectivity index (χ2n) is 3.96. The van der Waals surface area contributed by atoms with E-state index in [0.717, 1.165) is 19.3 Å². The van der Waals surface area contributed by atoms with Gasteiger partial charge in [-0.15, -0.1) is 0 Å². The summed E-state index contributed by atoms with van der Waals surface area (Å²) < 4.78 is 0. The second kappa shape index (κ2) is 6.51. The van der Waals surface area contributed by atoms with E-state index in [-0.39, 0.29) is 30.7 Å². The van der Waals surface area contributed by atoms with Crippen molar-refractivity contribution in [3.05, 3.63) is 0 Å². The normalized spacial score (nSPS) is 14.9. The van der Waals surface area contributed by atoms with Crippen LogP contribution in [-0.2, 0) is 9.59 Å². The summed E-state index contributed by atoms with van der Waals surface area (Å²) in [6, 6.07) is 0.0743. The van der Waals surface area contributed by atoms with Crippen LogP contribution in [-0.4, -0.2) is 52.5 Å². The lowest BCUT2D eigenvalue weighted by Crippen LogP contribution is -2.52. The van der Waals surface area contributed by atoms with Gasteiger partial charge in [0.25, 0.3) is 0 Å². The topological polar surface area (TPSA) is 95.7 Å². The summed E-state index contributed by atoms with van der Waals surface area (Å²) in [6.07, 6.45) is 2.82. The van der Waals surface area contributed by atoms with Crippen molar-refractivity contribution in [3.8, 4) is 0 Å². The molecule has 1 aliphatic rings. The molecule has 1 aliphatic carbocycles. The number of aliphatic hydroxyl groups is 1. The summed E-state index contributed by atoms with van der Waals surface area (Å²) in [7, 11) is 0. The van der Waals surface area contributed by atoms with E-state index in [0.29, 0.717) is 0 Å². The molecule has 0 bridgehead atoms. The highest BCUT2D eigenvalue weighted by atomic mass is 32.1. The van der Waals surface area contributed by atoms with Gasteiger partial charge in [-0.1, -0.05) is 12.2 Å². The van der Waals surface area contributed by atoms with Crippen molar-refractivity contribution in [2.45, 2.75) is 25.3 Å². The summed E-state index contributed by atoms with van der Waals surface area (Å²) in [5.74, 6) is -1.35. The number of amides is 2. The SMILES string of the molecule is NC(=S)CNC(=O)C(=O)N(CCO)C1CCC1. The molecule has 0 atom stereocenters. The van der Waals surface area contributed by atoms with Crippen LogP contribution in [0.15, 0.2) is 0 Å². The summed E-state index contributed by atoms with van der Waals surface area (Å²) in [6.45, 7) is 0.0480. The van der Waals surface area contributed by atoms with Crippen molar-refractivity contribution in [1.82, 2.24) is 10.2 Å². The highest BCUT2D eigenvalue weighted by Crippen LogP contribution is 2.24. The van der Waals surface area contributed by atoms with Crippen LogP contribution >= 0.6 is 12.2 Å². The van der Waals surface area contributed by atoms with Gasteiger partial charge in [0.05, 0.1) is 18.1 Å². The number of nitrogens with zero attached hydrogens (tertiary/aromatic N) is 1. The Morgan fingerprint density at radius 3 is 2.53 bits per heavy atom. The summed E-state index contributed by atoms with van der Waals surface area (Å²) in [5.41, 5.74) is 5.22. The molecule has 2 amide bonds. The molecule has 6 nitrogen and oxygen atoms in total. The monoisotopic (exact) mass is 259 g/mol. The van der Waals surface area contributed by atoms with Gasteiger partial charge in [-0.25, -0.2) is 0 Å². The Morgan fingerprint density at radius 1 is 1.47 bits per heavy atom. The van der Waals surface area contributed by atoms with Crippen molar-refractivity contribution in [2.24, 2.45) is 5.73 Å². The molecule has 1 rings (SSSR count). The van der Waals surface area contributed by atoms with Crippen molar-refractivity contribution in [2.75, 3.05) is 19.7 Å². The first kappa shape index (κ1) is 13.9. The zero-order valence-corrected chi connectivity index (χ0v) is 10.3. The van der Waals surface area contributed by atoms with Crippen molar-refractivity contribution in [1.29, 1.82) is 0 Å². The maximum atomic E-state index is 11.8. The quantitative estimate of drug-likeness (QED) is 0.424. The lowest BCUT2D eigenvalue weighted by Gasteiger charge is -2.36. The number of thiocarbonyl (C=S) groups is 1.